The maximum absolute atomic E-state index is 12.8. The first-order valence-electron chi connectivity index (χ1n) is 9.30. The highest BCUT2D eigenvalue weighted by molar-refractivity contribution is 6.07. The third kappa shape index (κ3) is 3.51. The number of hydrogen-bond donors (Lipinski definition) is 1. The molecule has 0 unspecified atom stereocenters. The molecule has 134 valence electrons. The molecule has 0 aliphatic carbocycles. The number of fused-ring (bicyclic) bond motifs is 2. The molecule has 0 aliphatic rings. The highest BCUT2D eigenvalue weighted by Crippen LogP contribution is 2.25. The van der Waals surface area contributed by atoms with Crippen LogP contribution in [-0.4, -0.2) is 22.4 Å². The first kappa shape index (κ1) is 17.2. The minimum atomic E-state index is -0.0657. The second kappa shape index (κ2) is 7.54. The van der Waals surface area contributed by atoms with E-state index in [-0.39, 0.29) is 5.91 Å². The van der Waals surface area contributed by atoms with E-state index in [0.717, 1.165) is 40.3 Å². The van der Waals surface area contributed by atoms with E-state index in [1.165, 1.54) is 0 Å². The molecule has 0 atom stereocenters. The molecule has 1 N–H and O–H groups in total. The topological polar surface area (TPSA) is 54.9 Å². The molecule has 4 aromatic rings. The van der Waals surface area contributed by atoms with Crippen LogP contribution in [0, 0.1) is 0 Å². The van der Waals surface area contributed by atoms with Crippen LogP contribution in [-0.2, 0) is 0 Å². The molecule has 0 aliphatic heterocycles. The maximum Gasteiger partial charge on any atom is 0.252 e. The summed E-state index contributed by atoms with van der Waals surface area (Å²) in [6.07, 6.45) is 2.01. The van der Waals surface area contributed by atoms with Crippen LogP contribution >= 0.6 is 0 Å². The SMILES string of the molecule is CCCCNC(=O)c1cc(-c2ccc3ccccc3n2)nc2ccccc12. The average molecular weight is 355 g/mol. The van der Waals surface area contributed by atoms with Gasteiger partial charge < -0.3 is 5.32 Å². The van der Waals surface area contributed by atoms with E-state index < -0.39 is 0 Å². The van der Waals surface area contributed by atoms with Gasteiger partial charge in [-0.05, 0) is 30.7 Å². The molecule has 4 rings (SSSR count). The number of amides is 1. The fourth-order valence-corrected chi connectivity index (χ4v) is 3.18. The zero-order valence-corrected chi connectivity index (χ0v) is 15.3. The average Bonchev–Trinajstić information content (AvgIpc) is 2.72. The summed E-state index contributed by atoms with van der Waals surface area (Å²) < 4.78 is 0. The van der Waals surface area contributed by atoms with Crippen LogP contribution < -0.4 is 5.32 Å². The summed E-state index contributed by atoms with van der Waals surface area (Å²) in [5, 5.41) is 4.95. The first-order valence-corrected chi connectivity index (χ1v) is 9.30. The van der Waals surface area contributed by atoms with E-state index in [2.05, 4.69) is 12.2 Å². The van der Waals surface area contributed by atoms with Crippen molar-refractivity contribution < 1.29 is 4.79 Å². The number of hydrogen-bond acceptors (Lipinski definition) is 3. The molecular weight excluding hydrogens is 334 g/mol. The Hall–Kier alpha value is -3.27. The van der Waals surface area contributed by atoms with Gasteiger partial charge in [0, 0.05) is 17.3 Å². The number of benzene rings is 2. The van der Waals surface area contributed by atoms with Crippen molar-refractivity contribution in [2.24, 2.45) is 0 Å². The maximum atomic E-state index is 12.8. The number of carbonyl (C=O) groups is 1. The largest absolute Gasteiger partial charge is 0.352 e. The van der Waals surface area contributed by atoms with Gasteiger partial charge >= 0.3 is 0 Å². The fourth-order valence-electron chi connectivity index (χ4n) is 3.18. The van der Waals surface area contributed by atoms with Crippen molar-refractivity contribution in [1.82, 2.24) is 15.3 Å². The second-order valence-electron chi connectivity index (χ2n) is 6.57. The zero-order valence-electron chi connectivity index (χ0n) is 15.3. The van der Waals surface area contributed by atoms with Crippen LogP contribution in [0.15, 0.2) is 66.7 Å². The number of aromatic nitrogens is 2. The summed E-state index contributed by atoms with van der Waals surface area (Å²) in [4.78, 5) is 22.3. The van der Waals surface area contributed by atoms with E-state index in [9.17, 15) is 4.79 Å². The lowest BCUT2D eigenvalue weighted by atomic mass is 10.0. The Morgan fingerprint density at radius 1 is 0.889 bits per heavy atom. The molecule has 4 nitrogen and oxygen atoms in total. The van der Waals surface area contributed by atoms with E-state index >= 15 is 0 Å². The number of para-hydroxylation sites is 2. The fraction of sp³-hybridized carbons (Fsp3) is 0.174. The summed E-state index contributed by atoms with van der Waals surface area (Å²) in [6, 6.07) is 21.6. The molecule has 0 bridgehead atoms. The Balaban J connectivity index is 1.81. The summed E-state index contributed by atoms with van der Waals surface area (Å²) in [5.74, 6) is -0.0657. The molecule has 0 fully saturated rings. The number of nitrogens with zero attached hydrogens (tertiary/aromatic N) is 2. The Labute approximate surface area is 158 Å². The van der Waals surface area contributed by atoms with Crippen molar-refractivity contribution in [3.63, 3.8) is 0 Å². The van der Waals surface area contributed by atoms with E-state index in [4.69, 9.17) is 9.97 Å². The third-order valence-electron chi connectivity index (χ3n) is 4.64. The number of pyridine rings is 2. The van der Waals surface area contributed by atoms with Crippen LogP contribution in [0.3, 0.4) is 0 Å². The van der Waals surface area contributed by atoms with Gasteiger partial charge in [0.05, 0.1) is 28.0 Å². The smallest absolute Gasteiger partial charge is 0.252 e. The van der Waals surface area contributed by atoms with Crippen LogP contribution in [0.4, 0.5) is 0 Å². The van der Waals surface area contributed by atoms with Gasteiger partial charge in [-0.1, -0.05) is 55.8 Å². The van der Waals surface area contributed by atoms with Gasteiger partial charge in [0.1, 0.15) is 0 Å². The monoisotopic (exact) mass is 355 g/mol. The van der Waals surface area contributed by atoms with Crippen LogP contribution in [0.2, 0.25) is 0 Å². The number of rotatable bonds is 5. The van der Waals surface area contributed by atoms with Gasteiger partial charge in [0.25, 0.3) is 5.91 Å². The van der Waals surface area contributed by atoms with Crippen molar-refractivity contribution >= 4 is 27.7 Å². The van der Waals surface area contributed by atoms with Gasteiger partial charge in [-0.15, -0.1) is 0 Å². The molecule has 1 amide bonds. The van der Waals surface area contributed by atoms with E-state index in [1.54, 1.807) is 0 Å². The number of nitrogens with one attached hydrogen (secondary N) is 1. The zero-order chi connectivity index (χ0) is 18.6. The van der Waals surface area contributed by atoms with Crippen LogP contribution in [0.1, 0.15) is 30.1 Å². The summed E-state index contributed by atoms with van der Waals surface area (Å²) in [7, 11) is 0. The predicted octanol–water partition coefficient (Wildman–Crippen LogP) is 4.98. The van der Waals surface area contributed by atoms with Crippen LogP contribution in [0.25, 0.3) is 33.2 Å². The number of unbranched alkanes of at least 4 members (excludes halogenated alkanes) is 1. The standard InChI is InChI=1S/C23H21N3O/c1-2-3-14-24-23(27)18-15-22(26-20-11-7-5-9-17(18)20)21-13-12-16-8-4-6-10-19(16)25-21/h4-13,15H,2-3,14H2,1H3,(H,24,27). The molecular formula is C23H21N3O. The normalized spacial score (nSPS) is 11.0. The Kier molecular flexibility index (Phi) is 4.79. The quantitative estimate of drug-likeness (QED) is 0.514. The van der Waals surface area contributed by atoms with Gasteiger partial charge in [-0.3, -0.25) is 4.79 Å². The highest BCUT2D eigenvalue weighted by Gasteiger charge is 2.14. The third-order valence-corrected chi connectivity index (χ3v) is 4.64. The summed E-state index contributed by atoms with van der Waals surface area (Å²) in [6.45, 7) is 2.78. The lowest BCUT2D eigenvalue weighted by Crippen LogP contribution is -2.24. The molecule has 2 aromatic carbocycles. The molecule has 0 spiro atoms. The highest BCUT2D eigenvalue weighted by atomic mass is 16.1. The minimum Gasteiger partial charge on any atom is -0.352 e. The van der Waals surface area contributed by atoms with E-state index in [0.29, 0.717) is 17.8 Å². The lowest BCUT2D eigenvalue weighted by molar-refractivity contribution is 0.0955. The van der Waals surface area contributed by atoms with Gasteiger partial charge in [-0.25, -0.2) is 9.97 Å². The van der Waals surface area contributed by atoms with Gasteiger partial charge in [0.15, 0.2) is 0 Å². The molecule has 2 heterocycles. The van der Waals surface area contributed by atoms with Crippen molar-refractivity contribution in [3.8, 4) is 11.4 Å². The van der Waals surface area contributed by atoms with Gasteiger partial charge in [0.2, 0.25) is 0 Å². The molecule has 2 aromatic heterocycles. The Bertz CT molecular complexity index is 1120. The van der Waals surface area contributed by atoms with Crippen molar-refractivity contribution in [3.05, 3.63) is 72.3 Å². The Morgan fingerprint density at radius 2 is 1.63 bits per heavy atom. The van der Waals surface area contributed by atoms with Gasteiger partial charge in [-0.2, -0.15) is 0 Å². The van der Waals surface area contributed by atoms with E-state index in [1.807, 2.05) is 66.7 Å². The molecule has 0 radical (unpaired) electrons. The molecule has 0 saturated carbocycles. The van der Waals surface area contributed by atoms with Crippen molar-refractivity contribution in [2.45, 2.75) is 19.8 Å². The first-order chi connectivity index (χ1) is 13.3. The molecule has 0 saturated heterocycles. The van der Waals surface area contributed by atoms with Crippen molar-refractivity contribution in [2.75, 3.05) is 6.54 Å². The van der Waals surface area contributed by atoms with Crippen molar-refractivity contribution in [1.29, 1.82) is 0 Å². The minimum absolute atomic E-state index is 0.0657. The molecule has 27 heavy (non-hydrogen) atoms. The summed E-state index contributed by atoms with van der Waals surface area (Å²) in [5.41, 5.74) is 3.83. The number of carbonyl (C=O) groups excluding carboxylic acids is 1. The lowest BCUT2D eigenvalue weighted by Gasteiger charge is -2.10. The Morgan fingerprint density at radius 3 is 2.48 bits per heavy atom. The second-order valence-corrected chi connectivity index (χ2v) is 6.57. The molecule has 4 heteroatoms. The van der Waals surface area contributed by atoms with Crippen LogP contribution in [0.5, 0.6) is 0 Å². The summed E-state index contributed by atoms with van der Waals surface area (Å²) >= 11 is 0. The predicted molar refractivity (Wildman–Crippen MR) is 110 cm³/mol.